The Bertz CT molecular complexity index is 558. The van der Waals surface area contributed by atoms with Crippen LogP contribution in [0.5, 0.6) is 0 Å². The van der Waals surface area contributed by atoms with Gasteiger partial charge in [0.1, 0.15) is 6.61 Å². The van der Waals surface area contributed by atoms with Gasteiger partial charge in [-0.15, -0.1) is 0 Å². The monoisotopic (exact) mass is 271 g/mol. The lowest BCUT2D eigenvalue weighted by Crippen LogP contribution is -2.19. The number of benzene rings is 1. The zero-order chi connectivity index (χ0) is 14.2. The zero-order valence-corrected chi connectivity index (χ0v) is 11.1. The lowest BCUT2D eigenvalue weighted by atomic mass is 10.3. The maximum absolute atomic E-state index is 11.6. The van der Waals surface area contributed by atoms with Gasteiger partial charge in [0.05, 0.1) is 6.61 Å². The molecule has 2 rings (SSSR count). The number of rotatable bonds is 6. The molecule has 0 radical (unpaired) electrons. The number of carbonyl (C=O) groups excluding carboxylic acids is 1. The van der Waals surface area contributed by atoms with E-state index in [1.165, 1.54) is 0 Å². The van der Waals surface area contributed by atoms with Gasteiger partial charge in [0.15, 0.2) is 0 Å². The van der Waals surface area contributed by atoms with Gasteiger partial charge in [-0.05, 0) is 30.3 Å². The van der Waals surface area contributed by atoms with Gasteiger partial charge in [0.2, 0.25) is 5.91 Å². The van der Waals surface area contributed by atoms with Gasteiger partial charge >= 0.3 is 0 Å². The Hall–Kier alpha value is -2.40. The Morgan fingerprint density at radius 2 is 2.15 bits per heavy atom. The molecule has 0 saturated carbocycles. The topological polar surface area (TPSA) is 77.2 Å². The zero-order valence-electron chi connectivity index (χ0n) is 11.1. The van der Waals surface area contributed by atoms with E-state index in [2.05, 4.69) is 10.3 Å². The predicted octanol–water partition coefficient (Wildman–Crippen LogP) is 1.86. The van der Waals surface area contributed by atoms with Crippen LogP contribution in [0, 0.1) is 0 Å². The molecule has 0 saturated heterocycles. The Labute approximate surface area is 117 Å². The molecule has 1 heterocycles. The second kappa shape index (κ2) is 7.25. The van der Waals surface area contributed by atoms with Gasteiger partial charge in [-0.2, -0.15) is 0 Å². The highest BCUT2D eigenvalue weighted by Crippen LogP contribution is 2.11. The van der Waals surface area contributed by atoms with Crippen molar-refractivity contribution in [3.63, 3.8) is 0 Å². The van der Waals surface area contributed by atoms with E-state index in [1.54, 1.807) is 30.5 Å². The Kier molecular flexibility index (Phi) is 5.08. The summed E-state index contributed by atoms with van der Waals surface area (Å²) >= 11 is 0. The average Bonchev–Trinajstić information content (AvgIpc) is 2.45. The first-order valence-corrected chi connectivity index (χ1v) is 6.37. The third kappa shape index (κ3) is 4.70. The number of nitrogens with zero attached hydrogens (tertiary/aromatic N) is 1. The van der Waals surface area contributed by atoms with Crippen molar-refractivity contribution in [3.05, 3.63) is 54.4 Å². The summed E-state index contributed by atoms with van der Waals surface area (Å²) in [5.74, 6) is -0.198. The first-order valence-electron chi connectivity index (χ1n) is 6.37. The van der Waals surface area contributed by atoms with Crippen LogP contribution < -0.4 is 11.1 Å². The molecule has 0 aliphatic rings. The number of amides is 1. The Balaban J connectivity index is 1.68. The van der Waals surface area contributed by atoms with Crippen molar-refractivity contribution in [2.24, 2.45) is 0 Å². The van der Waals surface area contributed by atoms with E-state index in [-0.39, 0.29) is 12.5 Å². The first-order chi connectivity index (χ1) is 9.74. The van der Waals surface area contributed by atoms with E-state index in [4.69, 9.17) is 10.5 Å². The van der Waals surface area contributed by atoms with Gasteiger partial charge in [-0.3, -0.25) is 9.78 Å². The highest BCUT2D eigenvalue weighted by atomic mass is 16.5. The number of aromatic nitrogens is 1. The van der Waals surface area contributed by atoms with Crippen molar-refractivity contribution >= 4 is 17.3 Å². The molecule has 5 heteroatoms. The van der Waals surface area contributed by atoms with Crippen molar-refractivity contribution < 1.29 is 9.53 Å². The van der Waals surface area contributed by atoms with Gasteiger partial charge in [-0.25, -0.2) is 0 Å². The van der Waals surface area contributed by atoms with Crippen molar-refractivity contribution in [2.45, 2.75) is 6.42 Å². The van der Waals surface area contributed by atoms with Crippen LogP contribution >= 0.6 is 0 Å². The SMILES string of the molecule is Nc1cccc(NC(=O)COCCc2ccccn2)c1. The molecule has 5 nitrogen and oxygen atoms in total. The molecule has 0 atom stereocenters. The summed E-state index contributed by atoms with van der Waals surface area (Å²) in [5.41, 5.74) is 7.86. The molecular formula is C15H17N3O2. The molecule has 0 bridgehead atoms. The number of nitrogens with one attached hydrogen (secondary N) is 1. The summed E-state index contributed by atoms with van der Waals surface area (Å²) in [7, 11) is 0. The maximum Gasteiger partial charge on any atom is 0.250 e. The van der Waals surface area contributed by atoms with E-state index in [0.717, 1.165) is 5.69 Å². The van der Waals surface area contributed by atoms with Crippen LogP contribution in [0.2, 0.25) is 0 Å². The van der Waals surface area contributed by atoms with Crippen LogP contribution in [0.15, 0.2) is 48.7 Å². The molecule has 2 aromatic rings. The van der Waals surface area contributed by atoms with Gasteiger partial charge in [-0.1, -0.05) is 12.1 Å². The van der Waals surface area contributed by atoms with Gasteiger partial charge in [0.25, 0.3) is 0 Å². The van der Waals surface area contributed by atoms with Crippen molar-refractivity contribution in [1.82, 2.24) is 4.98 Å². The van der Waals surface area contributed by atoms with E-state index in [0.29, 0.717) is 24.4 Å². The minimum atomic E-state index is -0.198. The fourth-order valence-corrected chi connectivity index (χ4v) is 1.70. The third-order valence-electron chi connectivity index (χ3n) is 2.63. The molecule has 20 heavy (non-hydrogen) atoms. The smallest absolute Gasteiger partial charge is 0.250 e. The number of ether oxygens (including phenoxy) is 1. The number of nitrogens with two attached hydrogens (primary N) is 1. The van der Waals surface area contributed by atoms with E-state index in [1.807, 2.05) is 18.2 Å². The summed E-state index contributed by atoms with van der Waals surface area (Å²) in [6, 6.07) is 12.7. The normalized spacial score (nSPS) is 10.2. The average molecular weight is 271 g/mol. The van der Waals surface area contributed by atoms with Crippen molar-refractivity contribution in [1.29, 1.82) is 0 Å². The van der Waals surface area contributed by atoms with E-state index >= 15 is 0 Å². The predicted molar refractivity (Wildman–Crippen MR) is 78.2 cm³/mol. The molecule has 0 spiro atoms. The van der Waals surface area contributed by atoms with Crippen LogP contribution in [0.4, 0.5) is 11.4 Å². The first kappa shape index (κ1) is 14.0. The van der Waals surface area contributed by atoms with Crippen LogP contribution in [-0.4, -0.2) is 24.1 Å². The summed E-state index contributed by atoms with van der Waals surface area (Å²) in [6.07, 6.45) is 2.42. The van der Waals surface area contributed by atoms with Crippen LogP contribution in [0.1, 0.15) is 5.69 Å². The summed E-state index contributed by atoms with van der Waals surface area (Å²) in [4.78, 5) is 15.8. The lowest BCUT2D eigenvalue weighted by molar-refractivity contribution is -0.120. The number of hydrogen-bond acceptors (Lipinski definition) is 4. The second-order valence-electron chi connectivity index (χ2n) is 4.30. The number of pyridine rings is 1. The third-order valence-corrected chi connectivity index (χ3v) is 2.63. The fraction of sp³-hybridized carbons (Fsp3) is 0.200. The van der Waals surface area contributed by atoms with Crippen molar-refractivity contribution in [2.75, 3.05) is 24.3 Å². The van der Waals surface area contributed by atoms with Crippen LogP contribution in [0.25, 0.3) is 0 Å². The summed E-state index contributed by atoms with van der Waals surface area (Å²) < 4.78 is 5.32. The maximum atomic E-state index is 11.6. The van der Waals surface area contributed by atoms with Crippen LogP contribution in [-0.2, 0) is 16.0 Å². The van der Waals surface area contributed by atoms with Crippen molar-refractivity contribution in [3.8, 4) is 0 Å². The largest absolute Gasteiger partial charge is 0.399 e. The number of anilines is 2. The van der Waals surface area contributed by atoms with Crippen LogP contribution in [0.3, 0.4) is 0 Å². The molecule has 1 aromatic carbocycles. The highest BCUT2D eigenvalue weighted by Gasteiger charge is 2.03. The Morgan fingerprint density at radius 3 is 2.90 bits per heavy atom. The molecule has 0 aliphatic carbocycles. The molecule has 0 fully saturated rings. The lowest BCUT2D eigenvalue weighted by Gasteiger charge is -2.06. The molecule has 1 aromatic heterocycles. The Morgan fingerprint density at radius 1 is 1.25 bits per heavy atom. The molecule has 0 unspecified atom stereocenters. The molecule has 0 aliphatic heterocycles. The fourth-order valence-electron chi connectivity index (χ4n) is 1.70. The molecular weight excluding hydrogens is 254 g/mol. The molecule has 104 valence electrons. The minimum absolute atomic E-state index is 0.0155. The summed E-state index contributed by atoms with van der Waals surface area (Å²) in [5, 5.41) is 2.72. The highest BCUT2D eigenvalue weighted by molar-refractivity contribution is 5.92. The summed E-state index contributed by atoms with van der Waals surface area (Å²) in [6.45, 7) is 0.475. The van der Waals surface area contributed by atoms with E-state index < -0.39 is 0 Å². The number of nitrogen functional groups attached to an aromatic ring is 1. The van der Waals surface area contributed by atoms with E-state index in [9.17, 15) is 4.79 Å². The quantitative estimate of drug-likeness (QED) is 0.621. The second-order valence-corrected chi connectivity index (χ2v) is 4.30. The van der Waals surface area contributed by atoms with Gasteiger partial charge in [0, 0.05) is 29.7 Å². The number of hydrogen-bond donors (Lipinski definition) is 2. The molecule has 3 N–H and O–H groups in total. The van der Waals surface area contributed by atoms with Gasteiger partial charge < -0.3 is 15.8 Å². The molecule has 1 amide bonds. The standard InChI is InChI=1S/C15H17N3O2/c16-12-4-3-6-14(10-12)18-15(19)11-20-9-7-13-5-1-2-8-17-13/h1-6,8,10H,7,9,11,16H2,(H,18,19). The number of carbonyl (C=O) groups is 1. The minimum Gasteiger partial charge on any atom is -0.399 e.